The number of rotatable bonds is 6. The van der Waals surface area contributed by atoms with E-state index in [2.05, 4.69) is 20.9 Å². The zero-order valence-corrected chi connectivity index (χ0v) is 19.3. The number of benzene rings is 1. The van der Waals surface area contributed by atoms with Crippen molar-refractivity contribution in [1.82, 2.24) is 15.3 Å². The number of aryl methyl sites for hydroxylation is 1. The largest absolute Gasteiger partial charge is 0.362 e. The van der Waals surface area contributed by atoms with E-state index in [1.807, 2.05) is 14.1 Å². The molecule has 2 amide bonds. The van der Waals surface area contributed by atoms with Crippen molar-refractivity contribution in [3.63, 3.8) is 0 Å². The molecule has 9 heteroatoms. The van der Waals surface area contributed by atoms with Crippen molar-refractivity contribution in [2.45, 2.75) is 57.4 Å². The summed E-state index contributed by atoms with van der Waals surface area (Å²) in [6, 6.07) is 2.89. The number of urea groups is 1. The Morgan fingerprint density at radius 3 is 2.58 bits per heavy atom. The fourth-order valence-electron chi connectivity index (χ4n) is 4.70. The number of aromatic nitrogens is 2. The fraction of sp³-hybridized carbons (Fsp3) is 0.542. The second-order valence-electron chi connectivity index (χ2n) is 9.22. The molecule has 1 heterocycles. The average molecular weight is 459 g/mol. The van der Waals surface area contributed by atoms with Crippen LogP contribution in [0, 0.1) is 17.6 Å². The molecule has 3 N–H and O–H groups in total. The van der Waals surface area contributed by atoms with E-state index >= 15 is 0 Å². The molecule has 1 fully saturated rings. The molecule has 7 nitrogen and oxygen atoms in total. The van der Waals surface area contributed by atoms with Crippen molar-refractivity contribution < 1.29 is 13.6 Å². The molecular weight excluding hydrogens is 426 g/mol. The lowest BCUT2D eigenvalue weighted by Gasteiger charge is -2.30. The molecular formula is C24H32F2N6O. The van der Waals surface area contributed by atoms with Gasteiger partial charge in [0.15, 0.2) is 0 Å². The van der Waals surface area contributed by atoms with E-state index in [0.717, 1.165) is 56.5 Å². The Balaban J connectivity index is 1.25. The number of carbonyl (C=O) groups excluding carboxylic acids is 1. The number of halogens is 2. The van der Waals surface area contributed by atoms with Crippen molar-refractivity contribution >= 4 is 23.5 Å². The van der Waals surface area contributed by atoms with Gasteiger partial charge in [-0.3, -0.25) is 0 Å². The van der Waals surface area contributed by atoms with Gasteiger partial charge in [0.2, 0.25) is 5.95 Å². The van der Waals surface area contributed by atoms with E-state index in [9.17, 15) is 13.6 Å². The fourth-order valence-corrected chi connectivity index (χ4v) is 4.70. The number of nitrogens with one attached hydrogen (secondary N) is 3. The molecule has 4 rings (SSSR count). The first-order valence-corrected chi connectivity index (χ1v) is 11.7. The van der Waals surface area contributed by atoms with Gasteiger partial charge in [-0.25, -0.2) is 18.6 Å². The van der Waals surface area contributed by atoms with Crippen LogP contribution in [0.3, 0.4) is 0 Å². The molecule has 33 heavy (non-hydrogen) atoms. The molecule has 0 spiro atoms. The summed E-state index contributed by atoms with van der Waals surface area (Å²) in [5.41, 5.74) is 2.42. The molecule has 2 aliphatic rings. The summed E-state index contributed by atoms with van der Waals surface area (Å²) in [7, 11) is 4.06. The highest BCUT2D eigenvalue weighted by Crippen LogP contribution is 2.30. The number of amides is 2. The van der Waals surface area contributed by atoms with Crippen molar-refractivity contribution in [3.05, 3.63) is 41.1 Å². The Bertz CT molecular complexity index is 991. The van der Waals surface area contributed by atoms with E-state index in [4.69, 9.17) is 9.97 Å². The van der Waals surface area contributed by atoms with Crippen LogP contribution in [0.5, 0.6) is 0 Å². The lowest BCUT2D eigenvalue weighted by atomic mass is 9.86. The number of fused-ring (bicyclic) bond motifs is 1. The molecule has 0 atom stereocenters. The van der Waals surface area contributed by atoms with Gasteiger partial charge in [0, 0.05) is 38.3 Å². The van der Waals surface area contributed by atoms with E-state index in [1.54, 1.807) is 0 Å². The van der Waals surface area contributed by atoms with E-state index in [1.165, 1.54) is 30.2 Å². The minimum atomic E-state index is -0.793. The molecule has 0 unspecified atom stereocenters. The topological polar surface area (TPSA) is 82.2 Å². The van der Waals surface area contributed by atoms with Gasteiger partial charge in [-0.2, -0.15) is 4.98 Å². The van der Waals surface area contributed by atoms with E-state index in [-0.39, 0.29) is 5.69 Å². The van der Waals surface area contributed by atoms with Crippen molar-refractivity contribution in [1.29, 1.82) is 0 Å². The summed E-state index contributed by atoms with van der Waals surface area (Å²) in [6.45, 7) is 0.515. The van der Waals surface area contributed by atoms with Gasteiger partial charge in [-0.05, 0) is 69.4 Å². The molecule has 1 aromatic carbocycles. The highest BCUT2D eigenvalue weighted by Gasteiger charge is 2.24. The molecule has 1 saturated carbocycles. The molecule has 1 aromatic heterocycles. The lowest BCUT2D eigenvalue weighted by molar-refractivity contribution is 0.246. The van der Waals surface area contributed by atoms with Crippen LogP contribution in [-0.4, -0.2) is 42.7 Å². The minimum Gasteiger partial charge on any atom is -0.362 e. The second-order valence-corrected chi connectivity index (χ2v) is 9.22. The maximum absolute atomic E-state index is 13.7. The molecule has 0 aliphatic heterocycles. The monoisotopic (exact) mass is 458 g/mol. The molecule has 2 aromatic rings. The van der Waals surface area contributed by atoms with Crippen LogP contribution in [0.15, 0.2) is 18.2 Å². The molecule has 0 saturated heterocycles. The van der Waals surface area contributed by atoms with Crippen molar-refractivity contribution in [2.75, 3.05) is 36.2 Å². The van der Waals surface area contributed by atoms with Gasteiger partial charge in [-0.1, -0.05) is 0 Å². The Hall–Kier alpha value is -2.97. The number of hydrogen-bond donors (Lipinski definition) is 3. The van der Waals surface area contributed by atoms with Crippen LogP contribution >= 0.6 is 0 Å². The smallest absolute Gasteiger partial charge is 0.319 e. The summed E-state index contributed by atoms with van der Waals surface area (Å²) in [4.78, 5) is 23.8. The number of anilines is 3. The number of carbonyl (C=O) groups is 1. The zero-order chi connectivity index (χ0) is 23.4. The van der Waals surface area contributed by atoms with Crippen LogP contribution < -0.4 is 20.9 Å². The third-order valence-electron chi connectivity index (χ3n) is 6.50. The number of nitrogens with zero attached hydrogens (tertiary/aromatic N) is 3. The third-order valence-corrected chi connectivity index (χ3v) is 6.50. The first-order valence-electron chi connectivity index (χ1n) is 11.7. The predicted octanol–water partition coefficient (Wildman–Crippen LogP) is 4.49. The Kier molecular flexibility index (Phi) is 7.25. The summed E-state index contributed by atoms with van der Waals surface area (Å²) in [5.74, 6) is 0.611. The van der Waals surface area contributed by atoms with Gasteiger partial charge in [0.25, 0.3) is 0 Å². The summed E-state index contributed by atoms with van der Waals surface area (Å²) >= 11 is 0. The normalized spacial score (nSPS) is 20.0. The molecule has 178 valence electrons. The predicted molar refractivity (Wildman–Crippen MR) is 126 cm³/mol. The van der Waals surface area contributed by atoms with Gasteiger partial charge in [-0.15, -0.1) is 0 Å². The molecule has 0 bridgehead atoms. The van der Waals surface area contributed by atoms with Crippen LogP contribution in [0.1, 0.15) is 49.8 Å². The molecule has 0 radical (unpaired) electrons. The van der Waals surface area contributed by atoms with Gasteiger partial charge < -0.3 is 20.9 Å². The van der Waals surface area contributed by atoms with Crippen molar-refractivity contribution in [2.24, 2.45) is 5.92 Å². The van der Waals surface area contributed by atoms with Gasteiger partial charge >= 0.3 is 6.03 Å². The first-order chi connectivity index (χ1) is 15.9. The van der Waals surface area contributed by atoms with Crippen LogP contribution in [-0.2, 0) is 12.8 Å². The average Bonchev–Trinajstić information content (AvgIpc) is 2.80. The Morgan fingerprint density at radius 1 is 1.09 bits per heavy atom. The van der Waals surface area contributed by atoms with Gasteiger partial charge in [0.05, 0.1) is 11.4 Å². The highest BCUT2D eigenvalue weighted by molar-refractivity contribution is 5.89. The summed E-state index contributed by atoms with van der Waals surface area (Å²) in [5, 5.41) is 8.77. The van der Waals surface area contributed by atoms with Gasteiger partial charge in [0.1, 0.15) is 17.5 Å². The first kappa shape index (κ1) is 23.2. The zero-order valence-electron chi connectivity index (χ0n) is 19.3. The summed E-state index contributed by atoms with van der Waals surface area (Å²) in [6.07, 6.45) is 8.30. The maximum Gasteiger partial charge on any atom is 0.319 e. The molecule has 2 aliphatic carbocycles. The van der Waals surface area contributed by atoms with Crippen LogP contribution in [0.2, 0.25) is 0 Å². The standard InChI is InChI=1S/C24H32F2N6O/c1-32(2)22-18-5-3-4-6-20(18)29-23(31-22)28-17-10-7-15(8-11-17)14-27-24(33)30-21-12-9-16(25)13-19(21)26/h9,12-13,15,17H,3-8,10-11,14H2,1-2H3,(H2,27,30,33)(H,28,29,31). The Morgan fingerprint density at radius 2 is 1.85 bits per heavy atom. The summed E-state index contributed by atoms with van der Waals surface area (Å²) < 4.78 is 26.7. The van der Waals surface area contributed by atoms with E-state index in [0.29, 0.717) is 24.5 Å². The van der Waals surface area contributed by atoms with Crippen LogP contribution in [0.25, 0.3) is 0 Å². The SMILES string of the molecule is CN(C)c1nc(NC2CCC(CNC(=O)Nc3ccc(F)cc3F)CC2)nc2c1CCCC2. The second kappa shape index (κ2) is 10.3. The third kappa shape index (κ3) is 5.89. The van der Waals surface area contributed by atoms with Crippen LogP contribution in [0.4, 0.5) is 31.0 Å². The maximum atomic E-state index is 13.7. The Labute approximate surface area is 193 Å². The van der Waals surface area contributed by atoms with E-state index < -0.39 is 17.7 Å². The lowest BCUT2D eigenvalue weighted by Crippen LogP contribution is -2.36. The number of hydrogen-bond acceptors (Lipinski definition) is 5. The quantitative estimate of drug-likeness (QED) is 0.594. The minimum absolute atomic E-state index is 0.0380. The van der Waals surface area contributed by atoms with Crippen molar-refractivity contribution in [3.8, 4) is 0 Å². The highest BCUT2D eigenvalue weighted by atomic mass is 19.1.